The van der Waals surface area contributed by atoms with Crippen LogP contribution in [0.15, 0.2) is 67.0 Å². The number of hydrogen-bond acceptors (Lipinski definition) is 3. The first-order valence-corrected chi connectivity index (χ1v) is 10.8. The molecule has 3 nitrogen and oxygen atoms in total. The quantitative estimate of drug-likeness (QED) is 0.449. The van der Waals surface area contributed by atoms with Gasteiger partial charge in [-0.2, -0.15) is 0 Å². The Hall–Kier alpha value is -1.94. The largest absolute Gasteiger partial charge is 0.388 e. The minimum atomic E-state index is 0.296. The fourth-order valence-corrected chi connectivity index (χ4v) is 4.15. The van der Waals surface area contributed by atoms with Gasteiger partial charge in [0.2, 0.25) is 0 Å². The highest BCUT2D eigenvalue weighted by Gasteiger charge is 2.25. The molecule has 0 spiro atoms. The Morgan fingerprint density at radius 2 is 1.59 bits per heavy atom. The Morgan fingerprint density at radius 3 is 2.21 bits per heavy atom. The summed E-state index contributed by atoms with van der Waals surface area (Å²) in [5.41, 5.74) is 3.44. The van der Waals surface area contributed by atoms with Crippen LogP contribution in [-0.4, -0.2) is 18.6 Å². The summed E-state index contributed by atoms with van der Waals surface area (Å²) in [7, 11) is 1.88. The van der Waals surface area contributed by atoms with Crippen LogP contribution in [0.5, 0.6) is 0 Å². The smallest absolute Gasteiger partial charge is 0.0557 e. The van der Waals surface area contributed by atoms with Crippen molar-refractivity contribution < 1.29 is 0 Å². The fourth-order valence-electron chi connectivity index (χ4n) is 3.49. The second-order valence-electron chi connectivity index (χ2n) is 6.83. The molecule has 1 saturated heterocycles. The summed E-state index contributed by atoms with van der Waals surface area (Å²) in [4.78, 5) is 6.26. The van der Waals surface area contributed by atoms with Crippen molar-refractivity contribution >= 4 is 46.2 Å². The van der Waals surface area contributed by atoms with Crippen molar-refractivity contribution in [1.29, 1.82) is 0 Å². The second-order valence-corrected chi connectivity index (χ2v) is 8.11. The summed E-state index contributed by atoms with van der Waals surface area (Å²) in [6.45, 7) is 1.03. The molecule has 1 atom stereocenters. The third kappa shape index (κ3) is 6.02. The van der Waals surface area contributed by atoms with Gasteiger partial charge in [-0.3, -0.25) is 4.98 Å². The summed E-state index contributed by atoms with van der Waals surface area (Å²) in [6, 6.07) is 17.9. The maximum absolute atomic E-state index is 6.41. The van der Waals surface area contributed by atoms with E-state index in [4.69, 9.17) is 34.8 Å². The molecule has 0 amide bonds. The van der Waals surface area contributed by atoms with Gasteiger partial charge in [0.05, 0.1) is 6.04 Å². The molecule has 1 N–H and O–H groups in total. The molecule has 29 heavy (non-hydrogen) atoms. The van der Waals surface area contributed by atoms with Gasteiger partial charge in [0.1, 0.15) is 0 Å². The van der Waals surface area contributed by atoms with Crippen molar-refractivity contribution in [2.24, 2.45) is 0 Å². The average molecular weight is 449 g/mol. The third-order valence-corrected chi connectivity index (χ3v) is 5.77. The third-order valence-electron chi connectivity index (χ3n) is 4.95. The molecule has 4 rings (SSSR count). The zero-order chi connectivity index (χ0) is 20.6. The number of nitrogens with zero attached hydrogens (tertiary/aromatic N) is 2. The van der Waals surface area contributed by atoms with Crippen molar-refractivity contribution in [2.45, 2.75) is 25.3 Å². The van der Waals surface area contributed by atoms with Crippen LogP contribution in [0.1, 0.15) is 30.9 Å². The van der Waals surface area contributed by atoms with Gasteiger partial charge in [-0.15, -0.1) is 0 Å². The molecule has 1 unspecified atom stereocenters. The highest BCUT2D eigenvalue weighted by molar-refractivity contribution is 6.35. The molecule has 1 aliphatic heterocycles. The zero-order valence-corrected chi connectivity index (χ0v) is 18.6. The van der Waals surface area contributed by atoms with Crippen molar-refractivity contribution in [3.05, 3.63) is 87.6 Å². The molecule has 6 heteroatoms. The van der Waals surface area contributed by atoms with E-state index in [0.717, 1.165) is 34.3 Å². The predicted molar refractivity (Wildman–Crippen MR) is 126 cm³/mol. The Kier molecular flexibility index (Phi) is 8.05. The lowest BCUT2D eigenvalue weighted by atomic mass is 9.94. The van der Waals surface area contributed by atoms with E-state index in [2.05, 4.69) is 27.3 Å². The summed E-state index contributed by atoms with van der Waals surface area (Å²) in [5, 5.41) is 5.17. The van der Waals surface area contributed by atoms with Gasteiger partial charge in [-0.1, -0.05) is 40.9 Å². The maximum Gasteiger partial charge on any atom is 0.0557 e. The first kappa shape index (κ1) is 21.8. The van der Waals surface area contributed by atoms with Gasteiger partial charge >= 0.3 is 0 Å². The van der Waals surface area contributed by atoms with Crippen LogP contribution in [0.2, 0.25) is 15.1 Å². The summed E-state index contributed by atoms with van der Waals surface area (Å²) >= 11 is 18.4. The van der Waals surface area contributed by atoms with Gasteiger partial charge in [0, 0.05) is 52.4 Å². The van der Waals surface area contributed by atoms with Crippen molar-refractivity contribution in [2.75, 3.05) is 23.8 Å². The second kappa shape index (κ2) is 10.7. The van der Waals surface area contributed by atoms with Crippen LogP contribution in [0.25, 0.3) is 0 Å². The number of benzene rings is 2. The van der Waals surface area contributed by atoms with E-state index in [-0.39, 0.29) is 0 Å². The molecular weight excluding hydrogens is 425 g/mol. The first-order valence-electron chi connectivity index (χ1n) is 9.63. The summed E-state index contributed by atoms with van der Waals surface area (Å²) in [6.07, 6.45) is 7.03. The zero-order valence-electron chi connectivity index (χ0n) is 16.3. The van der Waals surface area contributed by atoms with E-state index >= 15 is 0 Å². The van der Waals surface area contributed by atoms with E-state index in [9.17, 15) is 0 Å². The van der Waals surface area contributed by atoms with Gasteiger partial charge in [0.15, 0.2) is 0 Å². The highest BCUT2D eigenvalue weighted by Crippen LogP contribution is 2.38. The molecule has 1 aliphatic rings. The molecule has 1 aromatic heterocycles. The van der Waals surface area contributed by atoms with E-state index < -0.39 is 0 Å². The number of rotatable bonds is 3. The van der Waals surface area contributed by atoms with E-state index in [1.807, 2.05) is 49.5 Å². The van der Waals surface area contributed by atoms with Gasteiger partial charge in [-0.25, -0.2) is 0 Å². The van der Waals surface area contributed by atoms with Gasteiger partial charge in [-0.05, 0) is 73.4 Å². The number of piperidine rings is 1. The average Bonchev–Trinajstić information content (AvgIpc) is 2.75. The Morgan fingerprint density at radius 1 is 0.897 bits per heavy atom. The standard InChI is InChI=1S/C17H16Cl3N.C6H8N2/c18-12-4-7-14(8-5-12)21-10-2-1-3-17(21)15-9-6-13(19)11-16(15)20;1-7-6-2-4-8-5-3-6/h4-9,11,17H,1-3,10H2;2-5H,1H3,(H,7,8). The molecular formula is C23H24Cl3N3. The number of anilines is 2. The van der Waals surface area contributed by atoms with Crippen molar-refractivity contribution in [1.82, 2.24) is 4.98 Å². The monoisotopic (exact) mass is 447 g/mol. The molecule has 2 heterocycles. The number of hydrogen-bond donors (Lipinski definition) is 1. The van der Waals surface area contributed by atoms with Crippen LogP contribution in [0, 0.1) is 0 Å². The normalized spacial score (nSPS) is 16.0. The number of pyridine rings is 1. The van der Waals surface area contributed by atoms with Crippen LogP contribution in [-0.2, 0) is 0 Å². The molecule has 0 bridgehead atoms. The lowest BCUT2D eigenvalue weighted by Crippen LogP contribution is -2.33. The minimum absolute atomic E-state index is 0.296. The fraction of sp³-hybridized carbons (Fsp3) is 0.261. The number of aromatic nitrogens is 1. The number of nitrogens with one attached hydrogen (secondary N) is 1. The van der Waals surface area contributed by atoms with Crippen LogP contribution >= 0.6 is 34.8 Å². The topological polar surface area (TPSA) is 28.2 Å². The van der Waals surface area contributed by atoms with Crippen LogP contribution in [0.3, 0.4) is 0 Å². The van der Waals surface area contributed by atoms with E-state index in [0.29, 0.717) is 11.1 Å². The summed E-state index contributed by atoms with van der Waals surface area (Å²) in [5.74, 6) is 0. The van der Waals surface area contributed by atoms with E-state index in [1.54, 1.807) is 12.4 Å². The van der Waals surface area contributed by atoms with Crippen LogP contribution < -0.4 is 10.2 Å². The molecule has 2 aromatic carbocycles. The molecule has 1 fully saturated rings. The molecule has 3 aromatic rings. The Bertz CT molecular complexity index is 901. The molecule has 0 radical (unpaired) electrons. The van der Waals surface area contributed by atoms with Crippen LogP contribution in [0.4, 0.5) is 11.4 Å². The highest BCUT2D eigenvalue weighted by atomic mass is 35.5. The van der Waals surface area contributed by atoms with Gasteiger partial charge in [0.25, 0.3) is 0 Å². The lowest BCUT2D eigenvalue weighted by molar-refractivity contribution is 0.473. The summed E-state index contributed by atoms with van der Waals surface area (Å²) < 4.78 is 0. The van der Waals surface area contributed by atoms with Gasteiger partial charge < -0.3 is 10.2 Å². The Labute approximate surface area is 187 Å². The SMILES string of the molecule is CNc1ccncc1.Clc1ccc(N2CCCCC2c2ccc(Cl)cc2Cl)cc1. The Balaban J connectivity index is 0.000000252. The minimum Gasteiger partial charge on any atom is -0.388 e. The first-order chi connectivity index (χ1) is 14.1. The molecule has 0 aliphatic carbocycles. The predicted octanol–water partition coefficient (Wildman–Crippen LogP) is 7.50. The van der Waals surface area contributed by atoms with Crippen molar-refractivity contribution in [3.8, 4) is 0 Å². The molecule has 152 valence electrons. The number of halogens is 3. The lowest BCUT2D eigenvalue weighted by Gasteiger charge is -2.38. The molecule has 0 saturated carbocycles. The van der Waals surface area contributed by atoms with E-state index in [1.165, 1.54) is 18.5 Å². The van der Waals surface area contributed by atoms with Crippen molar-refractivity contribution in [3.63, 3.8) is 0 Å². The maximum atomic E-state index is 6.41.